The zero-order valence-electron chi connectivity index (χ0n) is 9.76. The van der Waals surface area contributed by atoms with Crippen LogP contribution in [0, 0.1) is 5.41 Å². The van der Waals surface area contributed by atoms with Crippen molar-refractivity contribution < 1.29 is 14.7 Å². The Labute approximate surface area is 90.2 Å². The summed E-state index contributed by atoms with van der Waals surface area (Å²) in [5, 5.41) is 14.3. The molecule has 0 saturated carbocycles. The minimum Gasteiger partial charge on any atom is -0.480 e. The number of rotatable bonds is 5. The van der Waals surface area contributed by atoms with Gasteiger partial charge in [0.1, 0.15) is 6.04 Å². The minimum absolute atomic E-state index is 0.149. The first-order valence-electron chi connectivity index (χ1n) is 5.02. The molecule has 0 aromatic heterocycles. The first-order chi connectivity index (χ1) is 6.79. The number of carbonyl (C=O) groups is 2. The molecule has 88 valence electrons. The van der Waals surface area contributed by atoms with Gasteiger partial charge in [0.2, 0.25) is 5.91 Å². The lowest BCUT2D eigenvalue weighted by Crippen LogP contribution is -2.51. The van der Waals surface area contributed by atoms with E-state index in [-0.39, 0.29) is 12.5 Å². The van der Waals surface area contributed by atoms with Crippen molar-refractivity contribution in [2.45, 2.75) is 33.7 Å². The lowest BCUT2D eigenvalue weighted by atomic mass is 9.87. The highest BCUT2D eigenvalue weighted by atomic mass is 16.4. The fraction of sp³-hybridized carbons (Fsp3) is 0.800. The number of nitrogens with one attached hydrogen (secondary N) is 2. The van der Waals surface area contributed by atoms with E-state index in [2.05, 4.69) is 10.6 Å². The van der Waals surface area contributed by atoms with Crippen LogP contribution in [-0.4, -0.2) is 36.1 Å². The van der Waals surface area contributed by atoms with Crippen LogP contribution in [-0.2, 0) is 9.59 Å². The molecule has 0 aliphatic heterocycles. The van der Waals surface area contributed by atoms with E-state index in [1.807, 2.05) is 6.92 Å². The molecule has 15 heavy (non-hydrogen) atoms. The molecule has 5 nitrogen and oxygen atoms in total. The highest BCUT2D eigenvalue weighted by molar-refractivity contribution is 5.85. The Hall–Kier alpha value is -1.10. The highest BCUT2D eigenvalue weighted by Crippen LogP contribution is 2.19. The van der Waals surface area contributed by atoms with Gasteiger partial charge in [0.15, 0.2) is 0 Å². The first-order valence-corrected chi connectivity index (χ1v) is 5.02. The summed E-state index contributed by atoms with van der Waals surface area (Å²) in [6.07, 6.45) is 0. The van der Waals surface area contributed by atoms with Crippen molar-refractivity contribution in [3.05, 3.63) is 0 Å². The number of carbonyl (C=O) groups excluding carboxylic acids is 1. The third-order valence-corrected chi connectivity index (χ3v) is 1.95. The topological polar surface area (TPSA) is 78.4 Å². The van der Waals surface area contributed by atoms with Gasteiger partial charge in [-0.2, -0.15) is 0 Å². The van der Waals surface area contributed by atoms with Gasteiger partial charge < -0.3 is 15.7 Å². The quantitative estimate of drug-likeness (QED) is 0.614. The van der Waals surface area contributed by atoms with Crippen LogP contribution in [0.25, 0.3) is 0 Å². The average Bonchev–Trinajstić information content (AvgIpc) is 2.08. The molecule has 1 atom stereocenters. The molecular weight excluding hydrogens is 196 g/mol. The van der Waals surface area contributed by atoms with Crippen molar-refractivity contribution >= 4 is 11.9 Å². The van der Waals surface area contributed by atoms with Gasteiger partial charge in [-0.15, -0.1) is 0 Å². The molecule has 0 spiro atoms. The average molecular weight is 216 g/mol. The fourth-order valence-corrected chi connectivity index (χ4v) is 1.10. The third-order valence-electron chi connectivity index (χ3n) is 1.95. The van der Waals surface area contributed by atoms with Crippen LogP contribution in [0.5, 0.6) is 0 Å². The van der Waals surface area contributed by atoms with Crippen LogP contribution in [0.3, 0.4) is 0 Å². The normalized spacial score (nSPS) is 13.3. The predicted octanol–water partition coefficient (Wildman–Crippen LogP) is 0.211. The Morgan fingerprint density at radius 1 is 1.33 bits per heavy atom. The largest absolute Gasteiger partial charge is 0.480 e. The van der Waals surface area contributed by atoms with Gasteiger partial charge in [-0.3, -0.25) is 4.79 Å². The summed E-state index contributed by atoms with van der Waals surface area (Å²) in [5.41, 5.74) is -0.492. The lowest BCUT2D eigenvalue weighted by Gasteiger charge is -2.27. The van der Waals surface area contributed by atoms with E-state index in [1.54, 1.807) is 20.8 Å². The Kier molecular flexibility index (Phi) is 5.28. The number of amides is 1. The molecule has 0 bridgehead atoms. The number of aliphatic carboxylic acids is 1. The van der Waals surface area contributed by atoms with Gasteiger partial charge in [0.05, 0.1) is 6.54 Å². The summed E-state index contributed by atoms with van der Waals surface area (Å²) >= 11 is 0. The summed E-state index contributed by atoms with van der Waals surface area (Å²) in [7, 11) is 0. The third kappa shape index (κ3) is 5.37. The summed E-state index contributed by atoms with van der Waals surface area (Å²) < 4.78 is 0. The molecule has 0 fully saturated rings. The minimum atomic E-state index is -1.01. The zero-order chi connectivity index (χ0) is 12.1. The molecule has 0 saturated heterocycles. The Morgan fingerprint density at radius 2 is 1.87 bits per heavy atom. The van der Waals surface area contributed by atoms with E-state index in [0.717, 1.165) is 0 Å². The van der Waals surface area contributed by atoms with Gasteiger partial charge >= 0.3 is 5.97 Å². The standard InChI is InChI=1S/C10H20N2O3/c1-5-11-6-7(13)12-8(9(14)15)10(2,3)4/h8,11H,5-6H2,1-4H3,(H,12,13)(H,14,15)/t8-/m1/s1. The van der Waals surface area contributed by atoms with E-state index >= 15 is 0 Å². The smallest absolute Gasteiger partial charge is 0.326 e. The van der Waals surface area contributed by atoms with E-state index in [1.165, 1.54) is 0 Å². The van der Waals surface area contributed by atoms with Gasteiger partial charge in [0, 0.05) is 0 Å². The second-order valence-electron chi connectivity index (χ2n) is 4.49. The van der Waals surface area contributed by atoms with Crippen LogP contribution < -0.4 is 10.6 Å². The Bertz CT molecular complexity index is 233. The monoisotopic (exact) mass is 216 g/mol. The molecule has 5 heteroatoms. The number of hydrogen-bond donors (Lipinski definition) is 3. The van der Waals surface area contributed by atoms with Gasteiger partial charge in [0.25, 0.3) is 0 Å². The molecule has 0 heterocycles. The summed E-state index contributed by atoms with van der Waals surface area (Å²) in [6, 6.07) is -0.858. The van der Waals surface area contributed by atoms with Gasteiger partial charge in [-0.05, 0) is 12.0 Å². The van der Waals surface area contributed by atoms with E-state index in [4.69, 9.17) is 5.11 Å². The zero-order valence-corrected chi connectivity index (χ0v) is 9.76. The fourth-order valence-electron chi connectivity index (χ4n) is 1.10. The van der Waals surface area contributed by atoms with Gasteiger partial charge in [-0.1, -0.05) is 27.7 Å². The van der Waals surface area contributed by atoms with Crippen LogP contribution in [0.15, 0.2) is 0 Å². The van der Waals surface area contributed by atoms with Crippen LogP contribution in [0.1, 0.15) is 27.7 Å². The molecule has 0 radical (unpaired) electrons. The van der Waals surface area contributed by atoms with Crippen molar-refractivity contribution in [2.24, 2.45) is 5.41 Å². The molecule has 0 aromatic rings. The van der Waals surface area contributed by atoms with Crippen molar-refractivity contribution in [1.82, 2.24) is 10.6 Å². The predicted molar refractivity (Wildman–Crippen MR) is 57.6 cm³/mol. The first kappa shape index (κ1) is 13.9. The Balaban J connectivity index is 4.31. The van der Waals surface area contributed by atoms with Crippen molar-refractivity contribution in [3.8, 4) is 0 Å². The number of carboxylic acids is 1. The number of carboxylic acid groups (broad SMARTS) is 1. The molecule has 0 rings (SSSR count). The molecular formula is C10H20N2O3. The maximum atomic E-state index is 11.3. The second-order valence-corrected chi connectivity index (χ2v) is 4.49. The molecule has 3 N–H and O–H groups in total. The number of hydrogen-bond acceptors (Lipinski definition) is 3. The maximum Gasteiger partial charge on any atom is 0.326 e. The second kappa shape index (κ2) is 5.70. The summed E-state index contributed by atoms with van der Waals surface area (Å²) in [5.74, 6) is -1.30. The summed E-state index contributed by atoms with van der Waals surface area (Å²) in [6.45, 7) is 8.04. The Morgan fingerprint density at radius 3 is 2.20 bits per heavy atom. The summed E-state index contributed by atoms with van der Waals surface area (Å²) in [4.78, 5) is 22.2. The highest BCUT2D eigenvalue weighted by Gasteiger charge is 2.32. The van der Waals surface area contributed by atoms with Crippen molar-refractivity contribution in [2.75, 3.05) is 13.1 Å². The van der Waals surface area contributed by atoms with Crippen LogP contribution >= 0.6 is 0 Å². The van der Waals surface area contributed by atoms with Crippen molar-refractivity contribution in [3.63, 3.8) is 0 Å². The molecule has 0 aliphatic carbocycles. The van der Waals surface area contributed by atoms with E-state index in [9.17, 15) is 9.59 Å². The molecule has 0 aliphatic rings. The molecule has 0 unspecified atom stereocenters. The maximum absolute atomic E-state index is 11.3. The van der Waals surface area contributed by atoms with E-state index < -0.39 is 17.4 Å². The SMILES string of the molecule is CCNCC(=O)N[C@H](C(=O)O)C(C)(C)C. The number of likely N-dealkylation sites (N-methyl/N-ethyl adjacent to an activating group) is 1. The van der Waals surface area contributed by atoms with E-state index in [0.29, 0.717) is 6.54 Å². The van der Waals surface area contributed by atoms with Crippen LogP contribution in [0.4, 0.5) is 0 Å². The van der Waals surface area contributed by atoms with Crippen LogP contribution in [0.2, 0.25) is 0 Å². The van der Waals surface area contributed by atoms with Gasteiger partial charge in [-0.25, -0.2) is 4.79 Å². The molecule has 1 amide bonds. The molecule has 0 aromatic carbocycles. The lowest BCUT2D eigenvalue weighted by molar-refractivity contribution is -0.144. The van der Waals surface area contributed by atoms with Crippen molar-refractivity contribution in [1.29, 1.82) is 0 Å².